The van der Waals surface area contributed by atoms with Crippen molar-refractivity contribution < 1.29 is 14.3 Å². The van der Waals surface area contributed by atoms with Gasteiger partial charge in [-0.15, -0.1) is 17.5 Å². The molecule has 1 aliphatic carbocycles. The highest BCUT2D eigenvalue weighted by Crippen LogP contribution is 2.43. The zero-order chi connectivity index (χ0) is 20.4. The number of carbonyl (C=O) groups is 1. The number of pyridine rings is 1. The van der Waals surface area contributed by atoms with Gasteiger partial charge in [-0.3, -0.25) is 4.98 Å². The fourth-order valence-corrected chi connectivity index (χ4v) is 3.82. The molecule has 0 radical (unpaired) electrons. The Labute approximate surface area is 182 Å². The summed E-state index contributed by atoms with van der Waals surface area (Å²) in [7, 11) is 1.67. The number of methoxy groups -OCH3 is 1. The molecule has 2 heterocycles. The van der Waals surface area contributed by atoms with Crippen LogP contribution in [0.15, 0.2) is 42.7 Å². The zero-order valence-corrected chi connectivity index (χ0v) is 18.1. The van der Waals surface area contributed by atoms with Crippen LogP contribution in [0.2, 0.25) is 0 Å². The Kier molecular flexibility index (Phi) is 6.62. The zero-order valence-electron chi connectivity index (χ0n) is 17.3. The van der Waals surface area contributed by atoms with Crippen molar-refractivity contribution in [3.8, 4) is 28.4 Å². The van der Waals surface area contributed by atoms with Crippen LogP contribution in [0.1, 0.15) is 25.1 Å². The lowest BCUT2D eigenvalue weighted by Gasteiger charge is -2.21. The van der Waals surface area contributed by atoms with E-state index in [1.54, 1.807) is 24.4 Å². The van der Waals surface area contributed by atoms with Gasteiger partial charge in [0.1, 0.15) is 5.75 Å². The Morgan fingerprint density at radius 3 is 2.53 bits per heavy atom. The number of fused-ring (bicyclic) bond motifs is 3. The molecular weight excluding hydrogens is 404 g/mol. The molecule has 0 spiro atoms. The van der Waals surface area contributed by atoms with Gasteiger partial charge in [0.25, 0.3) is 5.88 Å². The van der Waals surface area contributed by atoms with E-state index in [2.05, 4.69) is 10.1 Å². The van der Waals surface area contributed by atoms with Crippen molar-refractivity contribution in [3.63, 3.8) is 0 Å². The van der Waals surface area contributed by atoms with E-state index in [4.69, 9.17) is 9.47 Å². The third kappa shape index (κ3) is 3.73. The first-order chi connectivity index (χ1) is 14.2. The summed E-state index contributed by atoms with van der Waals surface area (Å²) in [5.41, 5.74) is 4.85. The van der Waals surface area contributed by atoms with E-state index in [-0.39, 0.29) is 12.4 Å². The quantitative estimate of drug-likeness (QED) is 0.605. The maximum absolute atomic E-state index is 12.7. The maximum Gasteiger partial charge on any atom is 0.416 e. The molecule has 1 aromatic carbocycles. The van der Waals surface area contributed by atoms with E-state index in [0.29, 0.717) is 19.0 Å². The van der Waals surface area contributed by atoms with Gasteiger partial charge in [0.05, 0.1) is 24.1 Å². The summed E-state index contributed by atoms with van der Waals surface area (Å²) < 4.78 is 13.2. The van der Waals surface area contributed by atoms with Crippen LogP contribution in [0.4, 0.5) is 4.79 Å². The summed E-state index contributed by atoms with van der Waals surface area (Å²) in [6, 6.07) is 9.73. The van der Waals surface area contributed by atoms with Crippen LogP contribution in [0.25, 0.3) is 16.8 Å². The van der Waals surface area contributed by atoms with Crippen molar-refractivity contribution >= 4 is 18.5 Å². The largest absolute Gasteiger partial charge is 0.496 e. The van der Waals surface area contributed by atoms with Crippen LogP contribution >= 0.6 is 12.4 Å². The average molecular weight is 429 g/mol. The Hall–Kier alpha value is -3.06. The van der Waals surface area contributed by atoms with Crippen molar-refractivity contribution in [2.75, 3.05) is 20.2 Å². The number of carbonyl (C=O) groups excluding carboxylic acids is 1. The summed E-state index contributed by atoms with van der Waals surface area (Å²) in [6.45, 7) is 5.01. The standard InChI is InChI=1S/C22H24N4O3.ClH/c1-4-25(5-2)22(27)29-21-20-17-7-6-8-19(28-3)16(17)9-10-18(20)26(24-21)15-11-13-23-14-12-15;/h6-8,11-14H,4-5,9-10H2,1-3H3;1H. The topological polar surface area (TPSA) is 69.5 Å². The molecule has 0 N–H and O–H groups in total. The summed E-state index contributed by atoms with van der Waals surface area (Å²) in [5, 5.41) is 4.69. The number of benzene rings is 1. The first kappa shape index (κ1) is 21.6. The molecule has 0 unspecified atom stereocenters. The molecule has 1 amide bonds. The Morgan fingerprint density at radius 1 is 1.13 bits per heavy atom. The number of ether oxygens (including phenoxy) is 2. The molecule has 8 heteroatoms. The highest BCUT2D eigenvalue weighted by molar-refractivity contribution is 5.85. The molecule has 3 aromatic rings. The Balaban J connectivity index is 0.00000256. The van der Waals surface area contributed by atoms with E-state index < -0.39 is 6.09 Å². The van der Waals surface area contributed by atoms with Crippen molar-refractivity contribution in [3.05, 3.63) is 54.0 Å². The van der Waals surface area contributed by atoms with E-state index >= 15 is 0 Å². The predicted octanol–water partition coefficient (Wildman–Crippen LogP) is 4.30. The summed E-state index contributed by atoms with van der Waals surface area (Å²) in [6.07, 6.45) is 4.65. The molecule has 7 nitrogen and oxygen atoms in total. The number of hydrogen-bond donors (Lipinski definition) is 0. The second kappa shape index (κ2) is 9.17. The van der Waals surface area contributed by atoms with Crippen LogP contribution in [0, 0.1) is 0 Å². The van der Waals surface area contributed by atoms with E-state index in [0.717, 1.165) is 46.7 Å². The Morgan fingerprint density at radius 2 is 1.87 bits per heavy atom. The van der Waals surface area contributed by atoms with Gasteiger partial charge in [0.2, 0.25) is 0 Å². The van der Waals surface area contributed by atoms with E-state index in [9.17, 15) is 4.79 Å². The van der Waals surface area contributed by atoms with Crippen LogP contribution in [-0.4, -0.2) is 46.0 Å². The molecule has 0 saturated carbocycles. The van der Waals surface area contributed by atoms with Gasteiger partial charge in [0.15, 0.2) is 0 Å². The average Bonchev–Trinajstić information content (AvgIpc) is 3.13. The monoisotopic (exact) mass is 428 g/mol. The lowest BCUT2D eigenvalue weighted by Crippen LogP contribution is -2.33. The number of halogens is 1. The highest BCUT2D eigenvalue weighted by Gasteiger charge is 2.30. The van der Waals surface area contributed by atoms with Crippen LogP contribution < -0.4 is 9.47 Å². The third-order valence-corrected chi connectivity index (χ3v) is 5.30. The predicted molar refractivity (Wildman–Crippen MR) is 117 cm³/mol. The molecular formula is C22H25ClN4O3. The van der Waals surface area contributed by atoms with Gasteiger partial charge in [0, 0.05) is 31.0 Å². The minimum Gasteiger partial charge on any atom is -0.496 e. The molecule has 0 bridgehead atoms. The fourth-order valence-electron chi connectivity index (χ4n) is 3.82. The smallest absolute Gasteiger partial charge is 0.416 e. The van der Waals surface area contributed by atoms with Gasteiger partial charge in [-0.05, 0) is 50.5 Å². The summed E-state index contributed by atoms with van der Waals surface area (Å²) in [4.78, 5) is 18.4. The van der Waals surface area contributed by atoms with Crippen LogP contribution in [0.3, 0.4) is 0 Å². The van der Waals surface area contributed by atoms with Gasteiger partial charge in [-0.25, -0.2) is 9.48 Å². The van der Waals surface area contributed by atoms with E-state index in [1.165, 1.54) is 0 Å². The number of hydrogen-bond acceptors (Lipinski definition) is 5. The Bertz CT molecular complexity index is 1030. The maximum atomic E-state index is 12.7. The van der Waals surface area contributed by atoms with Crippen molar-refractivity contribution in [1.29, 1.82) is 0 Å². The molecule has 2 aromatic heterocycles. The number of aromatic nitrogens is 3. The first-order valence-electron chi connectivity index (χ1n) is 9.83. The van der Waals surface area contributed by atoms with Crippen LogP contribution in [0.5, 0.6) is 11.6 Å². The lowest BCUT2D eigenvalue weighted by atomic mass is 9.89. The molecule has 158 valence electrons. The van der Waals surface area contributed by atoms with E-state index in [1.807, 2.05) is 48.9 Å². The normalized spacial score (nSPS) is 11.7. The molecule has 30 heavy (non-hydrogen) atoms. The van der Waals surface area contributed by atoms with Gasteiger partial charge < -0.3 is 14.4 Å². The number of rotatable bonds is 5. The van der Waals surface area contributed by atoms with Gasteiger partial charge >= 0.3 is 6.09 Å². The molecule has 0 atom stereocenters. The number of nitrogens with zero attached hydrogens (tertiary/aromatic N) is 4. The number of amides is 1. The molecule has 4 rings (SSSR count). The second-order valence-corrected chi connectivity index (χ2v) is 6.77. The third-order valence-electron chi connectivity index (χ3n) is 5.30. The van der Waals surface area contributed by atoms with Crippen molar-refractivity contribution in [2.45, 2.75) is 26.7 Å². The van der Waals surface area contributed by atoms with Gasteiger partial charge in [-0.2, -0.15) is 0 Å². The van der Waals surface area contributed by atoms with Crippen molar-refractivity contribution in [1.82, 2.24) is 19.7 Å². The summed E-state index contributed by atoms with van der Waals surface area (Å²) >= 11 is 0. The SMILES string of the molecule is CCN(CC)C(=O)Oc1nn(-c2ccncc2)c2c1-c1cccc(OC)c1CC2.Cl. The molecule has 0 saturated heterocycles. The fraction of sp³-hybridized carbons (Fsp3) is 0.318. The van der Waals surface area contributed by atoms with Gasteiger partial charge in [-0.1, -0.05) is 12.1 Å². The minimum absolute atomic E-state index is 0. The second-order valence-electron chi connectivity index (χ2n) is 6.77. The minimum atomic E-state index is -0.396. The lowest BCUT2D eigenvalue weighted by molar-refractivity contribution is 0.155. The molecule has 0 aliphatic heterocycles. The highest BCUT2D eigenvalue weighted by atomic mass is 35.5. The van der Waals surface area contributed by atoms with Crippen LogP contribution in [-0.2, 0) is 12.8 Å². The molecule has 1 aliphatic rings. The first-order valence-corrected chi connectivity index (χ1v) is 9.83. The molecule has 0 fully saturated rings. The van der Waals surface area contributed by atoms with Crippen molar-refractivity contribution in [2.24, 2.45) is 0 Å². The summed E-state index contributed by atoms with van der Waals surface area (Å²) in [5.74, 6) is 1.16.